The predicted octanol–water partition coefficient (Wildman–Crippen LogP) is 4.75. The van der Waals surface area contributed by atoms with E-state index in [2.05, 4.69) is 32.0 Å². The van der Waals surface area contributed by atoms with Gasteiger partial charge in [-0.25, -0.2) is 17.6 Å². The summed E-state index contributed by atoms with van der Waals surface area (Å²) in [5.74, 6) is 4.31. The van der Waals surface area contributed by atoms with E-state index in [9.17, 15) is 17.6 Å². The van der Waals surface area contributed by atoms with Crippen molar-refractivity contribution in [2.45, 2.75) is 27.2 Å². The molecule has 0 bridgehead atoms. The smallest absolute Gasteiger partial charge is 0.257 e. The number of halogens is 4. The van der Waals surface area contributed by atoms with Crippen LogP contribution in [0.15, 0.2) is 36.9 Å². The molecule has 0 fully saturated rings. The van der Waals surface area contributed by atoms with Crippen molar-refractivity contribution in [3.8, 4) is 11.8 Å². The van der Waals surface area contributed by atoms with Gasteiger partial charge in [-0.15, -0.1) is 10.2 Å². The third kappa shape index (κ3) is 4.32. The molecular formula is C22H18F4N6. The van der Waals surface area contributed by atoms with E-state index >= 15 is 0 Å². The van der Waals surface area contributed by atoms with E-state index in [0.29, 0.717) is 5.56 Å². The standard InChI is InChI=1S/C22H18F4N6/c1-22(2,3)5-4-13-6-14(23)8-15(7-13)31(11-18(25)26)20-19-16(24)9-27-10-17(19)32-12-28-30-21(32)29-20/h6-10,12,18H,11H2,1-3H3. The molecule has 0 aliphatic heterocycles. The van der Waals surface area contributed by atoms with E-state index in [0.717, 1.165) is 17.2 Å². The molecule has 32 heavy (non-hydrogen) atoms. The molecule has 164 valence electrons. The van der Waals surface area contributed by atoms with Crippen LogP contribution in [0.2, 0.25) is 0 Å². The zero-order chi connectivity index (χ0) is 23.0. The molecule has 4 rings (SSSR count). The van der Waals surface area contributed by atoms with Crippen LogP contribution in [-0.2, 0) is 0 Å². The molecule has 0 spiro atoms. The fourth-order valence-electron chi connectivity index (χ4n) is 3.16. The van der Waals surface area contributed by atoms with Gasteiger partial charge < -0.3 is 4.90 Å². The number of anilines is 2. The summed E-state index contributed by atoms with van der Waals surface area (Å²) in [6.45, 7) is 4.82. The highest BCUT2D eigenvalue weighted by molar-refractivity contribution is 5.93. The predicted molar refractivity (Wildman–Crippen MR) is 112 cm³/mol. The molecule has 1 aromatic carbocycles. The Labute approximate surface area is 180 Å². The lowest BCUT2D eigenvalue weighted by atomic mass is 9.97. The van der Waals surface area contributed by atoms with E-state index < -0.39 is 24.6 Å². The summed E-state index contributed by atoms with van der Waals surface area (Å²) in [6.07, 6.45) is 0.802. The molecule has 4 aromatic rings. The first-order valence-electron chi connectivity index (χ1n) is 9.65. The van der Waals surface area contributed by atoms with Gasteiger partial charge in [0.2, 0.25) is 0 Å². The molecule has 0 radical (unpaired) electrons. The average molecular weight is 442 g/mol. The molecule has 0 saturated heterocycles. The van der Waals surface area contributed by atoms with Crippen molar-refractivity contribution < 1.29 is 17.6 Å². The zero-order valence-electron chi connectivity index (χ0n) is 17.4. The van der Waals surface area contributed by atoms with Crippen LogP contribution in [-0.4, -0.2) is 37.5 Å². The van der Waals surface area contributed by atoms with Crippen LogP contribution in [0.25, 0.3) is 16.7 Å². The number of fused-ring (bicyclic) bond motifs is 3. The maximum Gasteiger partial charge on any atom is 0.257 e. The number of benzene rings is 1. The minimum atomic E-state index is -2.82. The molecule has 0 saturated carbocycles. The monoisotopic (exact) mass is 442 g/mol. The number of hydrogen-bond acceptors (Lipinski definition) is 5. The maximum absolute atomic E-state index is 14.8. The first kappa shape index (κ1) is 21.5. The Morgan fingerprint density at radius 2 is 1.91 bits per heavy atom. The first-order valence-corrected chi connectivity index (χ1v) is 9.65. The summed E-state index contributed by atoms with van der Waals surface area (Å²) in [4.78, 5) is 9.13. The molecule has 3 aromatic heterocycles. The highest BCUT2D eigenvalue weighted by Gasteiger charge is 2.24. The Kier molecular flexibility index (Phi) is 5.42. The molecule has 0 atom stereocenters. The van der Waals surface area contributed by atoms with Crippen molar-refractivity contribution in [1.29, 1.82) is 0 Å². The molecule has 0 N–H and O–H groups in total. The Bertz CT molecular complexity index is 1360. The zero-order valence-corrected chi connectivity index (χ0v) is 17.4. The lowest BCUT2D eigenvalue weighted by molar-refractivity contribution is 0.158. The summed E-state index contributed by atoms with van der Waals surface area (Å²) < 4.78 is 57.8. The highest BCUT2D eigenvalue weighted by Crippen LogP contribution is 2.34. The summed E-state index contributed by atoms with van der Waals surface area (Å²) >= 11 is 0. The number of rotatable bonds is 4. The lowest BCUT2D eigenvalue weighted by Gasteiger charge is -2.25. The van der Waals surface area contributed by atoms with E-state index in [1.165, 1.54) is 29.1 Å². The topological polar surface area (TPSA) is 59.2 Å². The van der Waals surface area contributed by atoms with E-state index in [-0.39, 0.29) is 33.6 Å². The Morgan fingerprint density at radius 3 is 2.62 bits per heavy atom. The largest absolute Gasteiger partial charge is 0.320 e. The van der Waals surface area contributed by atoms with Gasteiger partial charge in [0.05, 0.1) is 29.8 Å². The lowest BCUT2D eigenvalue weighted by Crippen LogP contribution is -2.26. The minimum Gasteiger partial charge on any atom is -0.320 e. The number of hydrogen-bond donors (Lipinski definition) is 0. The van der Waals surface area contributed by atoms with Gasteiger partial charge in [0.15, 0.2) is 5.82 Å². The van der Waals surface area contributed by atoms with Gasteiger partial charge in [-0.3, -0.25) is 9.38 Å². The Hall–Kier alpha value is -3.74. The average Bonchev–Trinajstić information content (AvgIpc) is 3.18. The third-order valence-corrected chi connectivity index (χ3v) is 4.45. The van der Waals surface area contributed by atoms with Crippen LogP contribution in [0, 0.1) is 28.9 Å². The van der Waals surface area contributed by atoms with Crippen LogP contribution in [0.3, 0.4) is 0 Å². The molecule has 3 heterocycles. The van der Waals surface area contributed by atoms with Crippen LogP contribution < -0.4 is 4.90 Å². The second-order valence-electron chi connectivity index (χ2n) is 8.15. The van der Waals surface area contributed by atoms with Gasteiger partial charge in [-0.05, 0) is 39.0 Å². The summed E-state index contributed by atoms with van der Waals surface area (Å²) in [6, 6.07) is 3.75. The molecule has 0 aliphatic rings. The van der Waals surface area contributed by atoms with Gasteiger partial charge in [0.1, 0.15) is 18.0 Å². The number of alkyl halides is 2. The van der Waals surface area contributed by atoms with Crippen LogP contribution in [0.5, 0.6) is 0 Å². The van der Waals surface area contributed by atoms with Crippen LogP contribution in [0.1, 0.15) is 26.3 Å². The van der Waals surface area contributed by atoms with Crippen LogP contribution >= 0.6 is 0 Å². The van der Waals surface area contributed by atoms with Gasteiger partial charge in [-0.2, -0.15) is 4.98 Å². The summed E-state index contributed by atoms with van der Waals surface area (Å²) in [7, 11) is 0. The van der Waals surface area contributed by atoms with Crippen molar-refractivity contribution in [3.63, 3.8) is 0 Å². The van der Waals surface area contributed by atoms with Crippen molar-refractivity contribution in [3.05, 3.63) is 54.1 Å². The second kappa shape index (κ2) is 8.07. The molecule has 6 nitrogen and oxygen atoms in total. The number of nitrogens with zero attached hydrogens (tertiary/aromatic N) is 6. The normalized spacial score (nSPS) is 11.8. The van der Waals surface area contributed by atoms with Gasteiger partial charge >= 0.3 is 0 Å². The third-order valence-electron chi connectivity index (χ3n) is 4.45. The Balaban J connectivity index is 1.97. The molecule has 0 amide bonds. The summed E-state index contributed by atoms with van der Waals surface area (Å²) in [5.41, 5.74) is 0.238. The van der Waals surface area contributed by atoms with E-state index in [4.69, 9.17) is 0 Å². The molecular weight excluding hydrogens is 424 g/mol. The quantitative estimate of drug-likeness (QED) is 0.337. The summed E-state index contributed by atoms with van der Waals surface area (Å²) in [5, 5.41) is 7.52. The molecule has 0 aliphatic carbocycles. The SMILES string of the molecule is CC(C)(C)C#Cc1cc(F)cc(N(CC(F)F)c2nc3nncn3c3cncc(F)c23)c1. The Morgan fingerprint density at radius 1 is 1.12 bits per heavy atom. The van der Waals surface area contributed by atoms with Crippen molar-refractivity contribution in [2.24, 2.45) is 5.41 Å². The van der Waals surface area contributed by atoms with Gasteiger partial charge in [0, 0.05) is 16.7 Å². The fourth-order valence-corrected chi connectivity index (χ4v) is 3.16. The second-order valence-corrected chi connectivity index (χ2v) is 8.15. The van der Waals surface area contributed by atoms with E-state index in [1.807, 2.05) is 20.8 Å². The van der Waals surface area contributed by atoms with Crippen molar-refractivity contribution in [1.82, 2.24) is 24.6 Å². The number of aromatic nitrogens is 5. The minimum absolute atomic E-state index is 0.0531. The van der Waals surface area contributed by atoms with Gasteiger partial charge in [-0.1, -0.05) is 11.8 Å². The molecule has 0 unspecified atom stereocenters. The molecule has 10 heteroatoms. The fraction of sp³-hybridized carbons (Fsp3) is 0.273. The number of pyridine rings is 1. The van der Waals surface area contributed by atoms with Crippen molar-refractivity contribution >= 4 is 28.2 Å². The van der Waals surface area contributed by atoms with Gasteiger partial charge in [0.25, 0.3) is 12.2 Å². The highest BCUT2D eigenvalue weighted by atomic mass is 19.3. The first-order chi connectivity index (χ1) is 15.1. The van der Waals surface area contributed by atoms with E-state index in [1.54, 1.807) is 0 Å². The van der Waals surface area contributed by atoms with Crippen molar-refractivity contribution in [2.75, 3.05) is 11.4 Å². The maximum atomic E-state index is 14.8. The van der Waals surface area contributed by atoms with Crippen LogP contribution in [0.4, 0.5) is 29.1 Å².